The Morgan fingerprint density at radius 1 is 1.22 bits per heavy atom. The quantitative estimate of drug-likeness (QED) is 0.248. The van der Waals surface area contributed by atoms with Gasteiger partial charge in [0.2, 0.25) is 0 Å². The first-order valence-corrected chi connectivity index (χ1v) is 10.2. The second-order valence-electron chi connectivity index (χ2n) is 6.74. The molecule has 0 aromatic heterocycles. The van der Waals surface area contributed by atoms with E-state index in [1.807, 2.05) is 6.08 Å². The Hall–Kier alpha value is -0.940. The predicted molar refractivity (Wildman–Crippen MR) is 109 cm³/mol. The van der Waals surface area contributed by atoms with Gasteiger partial charge in [0.1, 0.15) is 5.75 Å². The minimum atomic E-state index is -0.500. The third kappa shape index (κ3) is 7.19. The number of carbonyl (C=O) groups excluding carboxylic acids is 1. The summed E-state index contributed by atoms with van der Waals surface area (Å²) in [5.74, 6) is 0.439. The number of aliphatic hydroxyl groups is 1. The van der Waals surface area contributed by atoms with Gasteiger partial charge < -0.3 is 14.6 Å². The first-order valence-electron chi connectivity index (χ1n) is 9.03. The van der Waals surface area contributed by atoms with E-state index in [2.05, 4.69) is 10.8 Å². The normalized spacial score (nSPS) is 25.1. The summed E-state index contributed by atoms with van der Waals surface area (Å²) in [6, 6.07) is 5.04. The number of alkyl halides is 1. The summed E-state index contributed by atoms with van der Waals surface area (Å²) < 4.78 is 10.4. The minimum absolute atomic E-state index is 0.0648. The fraction of sp³-hybridized carbons (Fsp3) is 0.550. The van der Waals surface area contributed by atoms with E-state index in [-0.39, 0.29) is 23.2 Å². The number of hydrogen-bond donors (Lipinski definition) is 1. The molecule has 27 heavy (non-hydrogen) atoms. The lowest BCUT2D eigenvalue weighted by molar-refractivity contribution is -0.140. The van der Waals surface area contributed by atoms with Gasteiger partial charge in [-0.2, -0.15) is 0 Å². The molecule has 0 aliphatic heterocycles. The molecule has 1 aliphatic carbocycles. The number of halogens is 3. The molecule has 1 fully saturated rings. The van der Waals surface area contributed by atoms with Gasteiger partial charge in [-0.1, -0.05) is 35.4 Å². The molecule has 0 saturated heterocycles. The number of rotatable bonds is 9. The van der Waals surface area contributed by atoms with Crippen molar-refractivity contribution in [3.8, 4) is 5.75 Å². The van der Waals surface area contributed by atoms with Crippen molar-refractivity contribution in [2.24, 2.45) is 11.8 Å². The van der Waals surface area contributed by atoms with Crippen LogP contribution in [0.15, 0.2) is 30.4 Å². The lowest BCUT2D eigenvalue weighted by atomic mass is 9.92. The Kier molecular flexibility index (Phi) is 9.24. The third-order valence-corrected chi connectivity index (χ3v) is 5.75. The highest BCUT2D eigenvalue weighted by Crippen LogP contribution is 2.39. The van der Waals surface area contributed by atoms with Gasteiger partial charge in [0.05, 0.1) is 19.8 Å². The maximum atomic E-state index is 11.1. The Bertz CT molecular complexity index is 630. The molecule has 2 rings (SSSR count). The number of unbranched alkanes of at least 4 members (excludes halogenated alkanes) is 1. The van der Waals surface area contributed by atoms with Crippen LogP contribution in [0.5, 0.6) is 5.75 Å². The molecule has 1 N–H and O–H groups in total. The molecule has 1 aliphatic rings. The minimum Gasteiger partial charge on any atom is -0.493 e. The molecule has 1 saturated carbocycles. The molecule has 0 heterocycles. The monoisotopic (exact) mass is 434 g/mol. The van der Waals surface area contributed by atoms with Gasteiger partial charge in [-0.15, -0.1) is 11.6 Å². The molecule has 4 atom stereocenters. The van der Waals surface area contributed by atoms with Gasteiger partial charge in [-0.3, -0.25) is 4.79 Å². The molecule has 4 nitrogen and oxygen atoms in total. The number of carbonyl (C=O) groups is 1. The number of hydrogen-bond acceptors (Lipinski definition) is 4. The molecule has 0 amide bonds. The summed E-state index contributed by atoms with van der Waals surface area (Å²) in [7, 11) is 1.39. The van der Waals surface area contributed by atoms with Gasteiger partial charge in [-0.05, 0) is 49.8 Å². The van der Waals surface area contributed by atoms with E-state index in [1.54, 1.807) is 18.2 Å². The largest absolute Gasteiger partial charge is 0.493 e. The summed E-state index contributed by atoms with van der Waals surface area (Å²) in [6.45, 7) is 0.349. The molecule has 4 unspecified atom stereocenters. The zero-order valence-corrected chi connectivity index (χ0v) is 17.5. The van der Waals surface area contributed by atoms with Crippen molar-refractivity contribution in [1.82, 2.24) is 0 Å². The third-order valence-electron chi connectivity index (χ3n) is 4.81. The van der Waals surface area contributed by atoms with E-state index in [9.17, 15) is 9.90 Å². The Labute approximate surface area is 175 Å². The Balaban J connectivity index is 1.85. The number of methoxy groups -OCH3 is 1. The highest BCUT2D eigenvalue weighted by atomic mass is 35.5. The number of aliphatic hydroxyl groups excluding tert-OH is 1. The maximum Gasteiger partial charge on any atom is 0.305 e. The van der Waals surface area contributed by atoms with Crippen LogP contribution < -0.4 is 4.74 Å². The van der Waals surface area contributed by atoms with Crippen molar-refractivity contribution in [3.63, 3.8) is 0 Å². The van der Waals surface area contributed by atoms with Crippen LogP contribution >= 0.6 is 34.8 Å². The van der Waals surface area contributed by atoms with Gasteiger partial charge in [-0.25, -0.2) is 0 Å². The molecule has 1 aromatic carbocycles. The molecule has 1 aromatic rings. The van der Waals surface area contributed by atoms with Crippen LogP contribution in [-0.4, -0.2) is 36.3 Å². The van der Waals surface area contributed by atoms with Crippen molar-refractivity contribution in [3.05, 3.63) is 40.4 Å². The summed E-state index contributed by atoms with van der Waals surface area (Å²) in [5.41, 5.74) is 0. The van der Waals surface area contributed by atoms with E-state index in [0.29, 0.717) is 35.2 Å². The van der Waals surface area contributed by atoms with E-state index >= 15 is 0 Å². The zero-order valence-electron chi connectivity index (χ0n) is 15.2. The summed E-state index contributed by atoms with van der Waals surface area (Å²) in [5, 5.41) is 11.3. The van der Waals surface area contributed by atoms with E-state index in [1.165, 1.54) is 7.11 Å². The maximum absolute atomic E-state index is 11.1. The molecule has 0 radical (unpaired) electrons. The Morgan fingerprint density at radius 3 is 2.59 bits per heavy atom. The number of ether oxygens (including phenoxy) is 2. The molecule has 0 bridgehead atoms. The lowest BCUT2D eigenvalue weighted by Gasteiger charge is -2.22. The first-order chi connectivity index (χ1) is 12.9. The van der Waals surface area contributed by atoms with Gasteiger partial charge in [0.15, 0.2) is 0 Å². The average Bonchev–Trinajstić information content (AvgIpc) is 2.88. The Morgan fingerprint density at radius 2 is 1.93 bits per heavy atom. The molecule has 7 heteroatoms. The average molecular weight is 436 g/mol. The van der Waals surface area contributed by atoms with Crippen LogP contribution in [0.3, 0.4) is 0 Å². The van der Waals surface area contributed by atoms with Crippen LogP contribution in [0, 0.1) is 11.8 Å². The fourth-order valence-electron chi connectivity index (χ4n) is 3.33. The van der Waals surface area contributed by atoms with Crippen molar-refractivity contribution >= 4 is 40.8 Å². The number of esters is 1. The van der Waals surface area contributed by atoms with Crippen molar-refractivity contribution in [1.29, 1.82) is 0 Å². The van der Waals surface area contributed by atoms with Crippen molar-refractivity contribution < 1.29 is 19.4 Å². The highest BCUT2D eigenvalue weighted by Gasteiger charge is 2.41. The zero-order chi connectivity index (χ0) is 19.8. The molecular formula is C20H25Cl3O4. The van der Waals surface area contributed by atoms with Crippen molar-refractivity contribution in [2.75, 3.05) is 13.7 Å². The molecule has 150 valence electrons. The van der Waals surface area contributed by atoms with Gasteiger partial charge in [0.25, 0.3) is 0 Å². The fourth-order valence-corrected chi connectivity index (χ4v) is 4.31. The second kappa shape index (κ2) is 11.2. The van der Waals surface area contributed by atoms with E-state index < -0.39 is 6.10 Å². The summed E-state index contributed by atoms with van der Waals surface area (Å²) >= 11 is 18.4. The van der Waals surface area contributed by atoms with Gasteiger partial charge in [0, 0.05) is 27.8 Å². The standard InChI is InChI=1S/C20H25Cl3O4/c1-26-20(25)7-5-3-2-4-6-16-17(19(24)11-18(16)23)12-27-15-9-13(21)8-14(22)10-15/h2,4,8-10,16-19,24H,3,5-7,11-12H2,1H3/b4-2-. The molecule has 0 spiro atoms. The van der Waals surface area contributed by atoms with Crippen molar-refractivity contribution in [2.45, 2.75) is 43.6 Å². The van der Waals surface area contributed by atoms with Crippen LogP contribution in [0.1, 0.15) is 32.1 Å². The summed E-state index contributed by atoms with van der Waals surface area (Å²) in [4.78, 5) is 11.1. The van der Waals surface area contributed by atoms with E-state index in [0.717, 1.165) is 19.3 Å². The highest BCUT2D eigenvalue weighted by molar-refractivity contribution is 6.34. The number of allylic oxidation sites excluding steroid dienone is 2. The lowest BCUT2D eigenvalue weighted by Crippen LogP contribution is -2.27. The van der Waals surface area contributed by atoms with Crippen LogP contribution in [-0.2, 0) is 9.53 Å². The molecular weight excluding hydrogens is 411 g/mol. The van der Waals surface area contributed by atoms with Crippen LogP contribution in [0.4, 0.5) is 0 Å². The number of benzene rings is 1. The smallest absolute Gasteiger partial charge is 0.305 e. The SMILES string of the molecule is COC(=O)CCC/C=C\CC1C(Cl)CC(O)C1COc1cc(Cl)cc(Cl)c1. The summed E-state index contributed by atoms with van der Waals surface area (Å²) in [6.07, 6.45) is 6.90. The van der Waals surface area contributed by atoms with Crippen LogP contribution in [0.2, 0.25) is 10.0 Å². The topological polar surface area (TPSA) is 55.8 Å². The van der Waals surface area contributed by atoms with Crippen LogP contribution in [0.25, 0.3) is 0 Å². The van der Waals surface area contributed by atoms with E-state index in [4.69, 9.17) is 39.5 Å². The second-order valence-corrected chi connectivity index (χ2v) is 8.17. The predicted octanol–water partition coefficient (Wildman–Crippen LogP) is 5.27. The first kappa shape index (κ1) is 22.4. The van der Waals surface area contributed by atoms with Gasteiger partial charge >= 0.3 is 5.97 Å².